The Bertz CT molecular complexity index is 1260. The number of carbonyl (C=O) groups is 2. The summed E-state index contributed by atoms with van der Waals surface area (Å²) in [6.07, 6.45) is 0.753. The molecule has 2 heterocycles. The molecule has 208 valence electrons. The Kier molecular flexibility index (Phi) is 7.87. The molecule has 39 heavy (non-hydrogen) atoms. The van der Waals surface area contributed by atoms with E-state index in [1.165, 1.54) is 17.9 Å². The summed E-state index contributed by atoms with van der Waals surface area (Å²) in [5.41, 5.74) is 3.74. The van der Waals surface area contributed by atoms with Gasteiger partial charge in [0.05, 0.1) is 37.3 Å². The number of hydrogen-bond donors (Lipinski definition) is 2. The van der Waals surface area contributed by atoms with E-state index in [-0.39, 0.29) is 24.9 Å². The third kappa shape index (κ3) is 5.78. The summed E-state index contributed by atoms with van der Waals surface area (Å²) in [7, 11) is 1.64. The number of nitrogens with one attached hydrogen (secondary N) is 1. The standard InChI is InChI=1S/C28H34FN5O5/c1-18(35)30-15-23-17-34(28(36)39-23)21-5-8-26(25(29)14-21)33-11-9-32(10-12-33)16-20-4-3-19-13-22(38-2)6-7-24(19)27(20)31-37/h5-8,13-14,20,23,37H,3-4,9-12,15-17H2,1-2H3,(H,30,35)/b31-27-/t20?,23-/m0/s1. The molecule has 2 saturated heterocycles. The van der Waals surface area contributed by atoms with E-state index in [4.69, 9.17) is 9.47 Å². The van der Waals surface area contributed by atoms with Crippen molar-refractivity contribution in [2.75, 3.05) is 62.7 Å². The van der Waals surface area contributed by atoms with Crippen molar-refractivity contribution >= 4 is 29.1 Å². The summed E-state index contributed by atoms with van der Waals surface area (Å²) in [6, 6.07) is 10.7. The van der Waals surface area contributed by atoms with Crippen molar-refractivity contribution in [1.82, 2.24) is 10.2 Å². The molecule has 0 radical (unpaired) electrons. The SMILES string of the molecule is COc1ccc2c(c1)CCC(CN1CCN(c3ccc(N4C[C@H](CNC(C)=O)OC4=O)cc3F)CC1)/C2=N/O. The summed E-state index contributed by atoms with van der Waals surface area (Å²) in [5, 5.41) is 16.1. The lowest BCUT2D eigenvalue weighted by Gasteiger charge is -2.38. The number of hydrogen-bond acceptors (Lipinski definition) is 8. The molecule has 1 unspecified atom stereocenters. The first-order valence-corrected chi connectivity index (χ1v) is 13.2. The van der Waals surface area contributed by atoms with Gasteiger partial charge in [-0.15, -0.1) is 0 Å². The molecule has 2 amide bonds. The lowest BCUT2D eigenvalue weighted by atomic mass is 9.81. The van der Waals surface area contributed by atoms with Gasteiger partial charge < -0.3 is 24.9 Å². The molecule has 0 spiro atoms. The van der Waals surface area contributed by atoms with E-state index < -0.39 is 18.0 Å². The van der Waals surface area contributed by atoms with Gasteiger partial charge in [-0.25, -0.2) is 9.18 Å². The van der Waals surface area contributed by atoms with Crippen LogP contribution in [0.15, 0.2) is 41.6 Å². The van der Waals surface area contributed by atoms with Crippen LogP contribution in [0.5, 0.6) is 5.75 Å². The number of amides is 2. The van der Waals surface area contributed by atoms with E-state index in [0.29, 0.717) is 30.2 Å². The molecule has 2 atom stereocenters. The smallest absolute Gasteiger partial charge is 0.414 e. The van der Waals surface area contributed by atoms with Crippen LogP contribution in [-0.4, -0.2) is 86.8 Å². The van der Waals surface area contributed by atoms with Gasteiger partial charge in [0, 0.05) is 51.1 Å². The number of piperazine rings is 1. The van der Waals surface area contributed by atoms with Crippen molar-refractivity contribution in [3.63, 3.8) is 0 Å². The Hall–Kier alpha value is -3.86. The largest absolute Gasteiger partial charge is 0.497 e. The molecule has 10 nitrogen and oxygen atoms in total. The lowest BCUT2D eigenvalue weighted by molar-refractivity contribution is -0.119. The summed E-state index contributed by atoms with van der Waals surface area (Å²) < 4.78 is 25.8. The minimum atomic E-state index is -0.554. The number of anilines is 2. The maximum atomic E-state index is 15.2. The Balaban J connectivity index is 1.17. The maximum absolute atomic E-state index is 15.2. The Morgan fingerprint density at radius 3 is 2.69 bits per heavy atom. The van der Waals surface area contributed by atoms with E-state index in [2.05, 4.69) is 15.4 Å². The van der Waals surface area contributed by atoms with Crippen molar-refractivity contribution in [2.45, 2.75) is 25.9 Å². The zero-order chi connectivity index (χ0) is 27.5. The molecule has 2 aliphatic heterocycles. The summed E-state index contributed by atoms with van der Waals surface area (Å²) in [6.45, 7) is 5.47. The molecule has 3 aliphatic rings. The number of cyclic esters (lactones) is 1. The molecule has 5 rings (SSSR count). The van der Waals surface area contributed by atoms with Gasteiger partial charge >= 0.3 is 6.09 Å². The number of aryl methyl sites for hydroxylation is 1. The molecule has 0 saturated carbocycles. The van der Waals surface area contributed by atoms with Gasteiger partial charge in [0.1, 0.15) is 17.7 Å². The Labute approximate surface area is 226 Å². The Morgan fingerprint density at radius 1 is 1.21 bits per heavy atom. The van der Waals surface area contributed by atoms with Crippen LogP contribution in [0, 0.1) is 11.7 Å². The van der Waals surface area contributed by atoms with Crippen LogP contribution in [-0.2, 0) is 16.0 Å². The molecule has 2 fully saturated rings. The van der Waals surface area contributed by atoms with E-state index in [9.17, 15) is 14.8 Å². The zero-order valence-electron chi connectivity index (χ0n) is 22.2. The number of carbonyl (C=O) groups excluding carboxylic acids is 2. The molecule has 2 N–H and O–H groups in total. The highest BCUT2D eigenvalue weighted by Crippen LogP contribution is 2.31. The first-order valence-electron chi connectivity index (χ1n) is 13.2. The van der Waals surface area contributed by atoms with Crippen molar-refractivity contribution < 1.29 is 28.7 Å². The second-order valence-corrected chi connectivity index (χ2v) is 10.2. The van der Waals surface area contributed by atoms with Gasteiger partial charge in [-0.3, -0.25) is 14.6 Å². The fourth-order valence-corrected chi connectivity index (χ4v) is 5.65. The summed E-state index contributed by atoms with van der Waals surface area (Å²) >= 11 is 0. The van der Waals surface area contributed by atoms with Gasteiger partial charge in [-0.05, 0) is 54.8 Å². The van der Waals surface area contributed by atoms with Gasteiger partial charge in [-0.2, -0.15) is 0 Å². The van der Waals surface area contributed by atoms with E-state index >= 15 is 4.39 Å². The monoisotopic (exact) mass is 539 g/mol. The van der Waals surface area contributed by atoms with Crippen molar-refractivity contribution in [3.8, 4) is 5.75 Å². The van der Waals surface area contributed by atoms with Crippen LogP contribution in [0.1, 0.15) is 24.5 Å². The summed E-state index contributed by atoms with van der Waals surface area (Å²) in [5.74, 6) is 0.320. The topological polar surface area (TPSA) is 107 Å². The normalized spacial score (nSPS) is 22.5. The molecule has 1 aliphatic carbocycles. The van der Waals surface area contributed by atoms with Crippen molar-refractivity contribution in [3.05, 3.63) is 53.3 Å². The highest BCUT2D eigenvalue weighted by Gasteiger charge is 2.33. The number of methoxy groups -OCH3 is 1. The molecule has 0 aromatic heterocycles. The highest BCUT2D eigenvalue weighted by atomic mass is 19.1. The molecule has 2 aromatic rings. The number of halogens is 1. The highest BCUT2D eigenvalue weighted by molar-refractivity contribution is 6.04. The molecular formula is C28H34FN5O5. The third-order valence-electron chi connectivity index (χ3n) is 7.73. The number of nitrogens with zero attached hydrogens (tertiary/aromatic N) is 4. The molecular weight excluding hydrogens is 505 g/mol. The van der Waals surface area contributed by atoms with Gasteiger partial charge in [0.25, 0.3) is 0 Å². The van der Waals surface area contributed by atoms with Crippen LogP contribution in [0.25, 0.3) is 0 Å². The van der Waals surface area contributed by atoms with E-state index in [1.54, 1.807) is 19.2 Å². The molecule has 2 aromatic carbocycles. The van der Waals surface area contributed by atoms with Crippen molar-refractivity contribution in [1.29, 1.82) is 0 Å². The molecule has 0 bridgehead atoms. The van der Waals surface area contributed by atoms with E-state index in [0.717, 1.165) is 49.4 Å². The van der Waals surface area contributed by atoms with Crippen LogP contribution in [0.3, 0.4) is 0 Å². The number of rotatable bonds is 7. The number of ether oxygens (including phenoxy) is 2. The quantitative estimate of drug-likeness (QED) is 0.412. The van der Waals surface area contributed by atoms with Gasteiger partial charge in [0.2, 0.25) is 5.91 Å². The fraction of sp³-hybridized carbons (Fsp3) is 0.464. The number of benzene rings is 2. The molecule has 11 heteroatoms. The number of oxime groups is 1. The van der Waals surface area contributed by atoms with Gasteiger partial charge in [-0.1, -0.05) is 5.16 Å². The van der Waals surface area contributed by atoms with Crippen LogP contribution >= 0.6 is 0 Å². The predicted molar refractivity (Wildman–Crippen MR) is 144 cm³/mol. The fourth-order valence-electron chi connectivity index (χ4n) is 5.65. The minimum Gasteiger partial charge on any atom is -0.497 e. The first-order chi connectivity index (χ1) is 18.9. The maximum Gasteiger partial charge on any atom is 0.414 e. The predicted octanol–water partition coefficient (Wildman–Crippen LogP) is 2.86. The van der Waals surface area contributed by atoms with Crippen LogP contribution in [0.2, 0.25) is 0 Å². The van der Waals surface area contributed by atoms with Crippen LogP contribution < -0.4 is 19.9 Å². The zero-order valence-corrected chi connectivity index (χ0v) is 22.2. The average molecular weight is 540 g/mol. The van der Waals surface area contributed by atoms with Crippen molar-refractivity contribution in [2.24, 2.45) is 11.1 Å². The first kappa shape index (κ1) is 26.7. The van der Waals surface area contributed by atoms with E-state index in [1.807, 2.05) is 23.1 Å². The van der Waals surface area contributed by atoms with Crippen LogP contribution in [0.4, 0.5) is 20.6 Å². The second kappa shape index (κ2) is 11.5. The van der Waals surface area contributed by atoms with Gasteiger partial charge in [0.15, 0.2) is 0 Å². The third-order valence-corrected chi connectivity index (χ3v) is 7.73. The number of fused-ring (bicyclic) bond motifs is 1. The minimum absolute atomic E-state index is 0.119. The summed E-state index contributed by atoms with van der Waals surface area (Å²) in [4.78, 5) is 29.2. The average Bonchev–Trinajstić information content (AvgIpc) is 3.32. The second-order valence-electron chi connectivity index (χ2n) is 10.2. The lowest BCUT2D eigenvalue weighted by Crippen LogP contribution is -2.49. The Morgan fingerprint density at radius 2 is 2.00 bits per heavy atom.